The van der Waals surface area contributed by atoms with Crippen molar-refractivity contribution in [3.8, 4) is 0 Å². The van der Waals surface area contributed by atoms with E-state index in [1.165, 1.54) is 11.8 Å². The topological polar surface area (TPSA) is 0 Å². The van der Waals surface area contributed by atoms with E-state index in [1.807, 2.05) is 13.8 Å². The molecule has 0 spiro atoms. The Bertz CT molecular complexity index is 148. The molecule has 2 heteroatoms. The first kappa shape index (κ1) is 24.9. The van der Waals surface area contributed by atoms with Gasteiger partial charge in [-0.3, -0.25) is 0 Å². The van der Waals surface area contributed by atoms with Gasteiger partial charge >= 0.3 is 0 Å². The first-order valence-electron chi connectivity index (χ1n) is 6.41. The Hall–Kier alpha value is 0.949. The normalized spacial score (nSPS) is 11.1. The van der Waals surface area contributed by atoms with Crippen LogP contribution < -0.4 is 0 Å². The van der Waals surface area contributed by atoms with E-state index >= 15 is 0 Å². The van der Waals surface area contributed by atoms with Crippen molar-refractivity contribution in [1.29, 1.82) is 0 Å². The van der Waals surface area contributed by atoms with Gasteiger partial charge in [-0.15, -0.1) is 7.92 Å². The summed E-state index contributed by atoms with van der Waals surface area (Å²) in [4.78, 5) is 0. The van der Waals surface area contributed by atoms with Crippen LogP contribution in [0.3, 0.4) is 0 Å². The molecule has 0 aromatic heterocycles. The molecule has 0 N–H and O–H groups in total. The van der Waals surface area contributed by atoms with Crippen LogP contribution in [0.2, 0.25) is 0 Å². The Morgan fingerprint density at radius 3 is 1.16 bits per heavy atom. The number of hydrogen-bond acceptors (Lipinski definition) is 0. The fourth-order valence-corrected chi connectivity index (χ4v) is 1.38. The predicted molar refractivity (Wildman–Crippen MR) is 88.9 cm³/mol. The van der Waals surface area contributed by atoms with E-state index < -0.39 is 0 Å². The van der Waals surface area contributed by atoms with Crippen LogP contribution in [0.15, 0.2) is 0 Å². The van der Waals surface area contributed by atoms with Crippen LogP contribution in [-0.2, 0) is 17.1 Å². The number of hydrogen-bond donors (Lipinski definition) is 0. The van der Waals surface area contributed by atoms with Gasteiger partial charge in [0.05, 0.1) is 0 Å². The second-order valence-corrected chi connectivity index (χ2v) is 8.20. The second kappa shape index (κ2) is 15.3. The van der Waals surface area contributed by atoms with E-state index in [2.05, 4.69) is 60.5 Å². The molecule has 0 heterocycles. The van der Waals surface area contributed by atoms with Crippen LogP contribution >= 0.6 is 7.92 Å². The summed E-state index contributed by atoms with van der Waals surface area (Å²) in [6.07, 6.45) is 6.52. The molecule has 0 aliphatic heterocycles. The molecule has 0 fully saturated rings. The summed E-state index contributed by atoms with van der Waals surface area (Å²) in [7, 11) is 0.380. The van der Waals surface area contributed by atoms with Gasteiger partial charge in [0.25, 0.3) is 0 Å². The fourth-order valence-electron chi connectivity index (χ4n) is 1.38. The molecule has 0 bridgehead atoms. The molecular weight excluding hydrogens is 290 g/mol. The fraction of sp³-hybridized carbons (Fsp3) is 0.529. The van der Waals surface area contributed by atoms with E-state index in [1.54, 1.807) is 0 Å². The summed E-state index contributed by atoms with van der Waals surface area (Å²) in [5, 5.41) is 0. The van der Waals surface area contributed by atoms with Gasteiger partial charge in [-0.05, 0) is 83.2 Å². The largest absolute Gasteiger partial charge is 0.116 e. The summed E-state index contributed by atoms with van der Waals surface area (Å²) in [5.41, 5.74) is 0. The standard InChI is InChI=1S/C14H22.C3H9P.Mn/c1-11(2)9-13(5)7-8-14(6)10-12(3)4;1-4(2)3;/h9-10H,1,3,7-8H2,2,4-6H3;1-3H3;. The average molecular weight is 321 g/mol. The molecular formula is C17H31MnP. The predicted octanol–water partition coefficient (Wildman–Crippen LogP) is 5.58. The maximum Gasteiger partial charge on any atom is 0 e. The third kappa shape index (κ3) is 28.0. The van der Waals surface area contributed by atoms with Gasteiger partial charge in [-0.25, -0.2) is 0 Å². The molecule has 0 unspecified atom stereocenters. The Morgan fingerprint density at radius 1 is 0.789 bits per heavy atom. The van der Waals surface area contributed by atoms with Gasteiger partial charge in [0.1, 0.15) is 0 Å². The Labute approximate surface area is 136 Å². The Morgan fingerprint density at radius 2 is 1.00 bits per heavy atom. The van der Waals surface area contributed by atoms with Gasteiger partial charge in [-0.1, -0.05) is 27.7 Å². The summed E-state index contributed by atoms with van der Waals surface area (Å²) in [6, 6.07) is 0. The molecule has 0 nitrogen and oxygen atoms in total. The zero-order chi connectivity index (χ0) is 14.7. The summed E-state index contributed by atoms with van der Waals surface area (Å²) in [5.74, 6) is 5.05. The monoisotopic (exact) mass is 321 g/mol. The number of rotatable bonds is 7. The van der Waals surface area contributed by atoms with Crippen LogP contribution in [0.25, 0.3) is 0 Å². The SMILES string of the molecule is CP(C)C.[CH2][C](C)[CH][C](C)CC[C](C)[CH][C]([CH2])C.[Mn]. The van der Waals surface area contributed by atoms with E-state index in [0.29, 0.717) is 7.92 Å². The molecule has 0 saturated carbocycles. The Balaban J connectivity index is -0.000000448. The molecule has 0 aromatic carbocycles. The second-order valence-electron chi connectivity index (χ2n) is 5.52. The van der Waals surface area contributed by atoms with E-state index in [4.69, 9.17) is 0 Å². The molecule has 0 saturated heterocycles. The molecule has 111 valence electrons. The molecule has 0 aliphatic rings. The molecule has 19 heavy (non-hydrogen) atoms. The minimum absolute atomic E-state index is 0. The summed E-state index contributed by atoms with van der Waals surface area (Å²) >= 11 is 0. The van der Waals surface area contributed by atoms with Gasteiger partial charge in [0, 0.05) is 17.1 Å². The van der Waals surface area contributed by atoms with Crippen molar-refractivity contribution in [2.45, 2.75) is 40.5 Å². The van der Waals surface area contributed by atoms with E-state index in [0.717, 1.165) is 24.7 Å². The zero-order valence-corrected chi connectivity index (χ0v) is 15.9. The van der Waals surface area contributed by atoms with Crippen LogP contribution in [-0.4, -0.2) is 20.0 Å². The Kier molecular flexibility index (Phi) is 20.1. The van der Waals surface area contributed by atoms with Crippen molar-refractivity contribution >= 4 is 7.92 Å². The van der Waals surface area contributed by atoms with Crippen molar-refractivity contribution in [1.82, 2.24) is 0 Å². The first-order valence-corrected chi connectivity index (χ1v) is 9.09. The van der Waals surface area contributed by atoms with Crippen molar-refractivity contribution in [3.63, 3.8) is 0 Å². The van der Waals surface area contributed by atoms with Crippen molar-refractivity contribution in [3.05, 3.63) is 50.4 Å². The van der Waals surface area contributed by atoms with E-state index in [-0.39, 0.29) is 17.1 Å². The summed E-state index contributed by atoms with van der Waals surface area (Å²) in [6.45, 7) is 22.8. The van der Waals surface area contributed by atoms with Gasteiger partial charge in [0.2, 0.25) is 0 Å². The van der Waals surface area contributed by atoms with Crippen molar-refractivity contribution in [2.75, 3.05) is 20.0 Å². The quantitative estimate of drug-likeness (QED) is 0.424. The molecule has 9 radical (unpaired) electrons. The summed E-state index contributed by atoms with van der Waals surface area (Å²) < 4.78 is 0. The van der Waals surface area contributed by atoms with Crippen molar-refractivity contribution in [2.24, 2.45) is 0 Å². The third-order valence-electron chi connectivity index (χ3n) is 1.90. The minimum atomic E-state index is 0. The first-order chi connectivity index (χ1) is 8.15. The van der Waals surface area contributed by atoms with Crippen LogP contribution in [0.4, 0.5) is 0 Å². The molecule has 0 rings (SSSR count). The molecule has 0 aliphatic carbocycles. The van der Waals surface area contributed by atoms with Crippen LogP contribution in [0.1, 0.15) is 40.5 Å². The minimum Gasteiger partial charge on any atom is -0.116 e. The molecule has 0 aromatic rings. The van der Waals surface area contributed by atoms with Gasteiger partial charge in [-0.2, -0.15) is 0 Å². The maximum absolute atomic E-state index is 3.87. The van der Waals surface area contributed by atoms with Gasteiger partial charge < -0.3 is 0 Å². The van der Waals surface area contributed by atoms with Crippen molar-refractivity contribution < 1.29 is 17.1 Å². The van der Waals surface area contributed by atoms with Crippen LogP contribution in [0, 0.1) is 50.4 Å². The maximum atomic E-state index is 3.87. The average Bonchev–Trinajstić information content (AvgIpc) is 2.11. The van der Waals surface area contributed by atoms with Crippen LogP contribution in [0.5, 0.6) is 0 Å². The molecule has 0 amide bonds. The van der Waals surface area contributed by atoms with Gasteiger partial charge in [0.15, 0.2) is 0 Å². The van der Waals surface area contributed by atoms with E-state index in [9.17, 15) is 0 Å². The smallest absolute Gasteiger partial charge is 0 e. The third-order valence-corrected chi connectivity index (χ3v) is 1.90. The molecule has 0 atom stereocenters. The zero-order valence-electron chi connectivity index (χ0n) is 13.8.